The summed E-state index contributed by atoms with van der Waals surface area (Å²) < 4.78 is 10.2. The van der Waals surface area contributed by atoms with Gasteiger partial charge in [-0.15, -0.1) is 0 Å². The van der Waals surface area contributed by atoms with Gasteiger partial charge < -0.3 is 18.5 Å². The van der Waals surface area contributed by atoms with E-state index in [0.29, 0.717) is 0 Å². The molecule has 32 valence electrons. The fraction of sp³-hybridized carbons (Fsp3) is 0. The first-order chi connectivity index (χ1) is 2.00. The van der Waals surface area contributed by atoms with Crippen LogP contribution in [-0.4, -0.2) is 32.2 Å². The fourth-order valence-corrected chi connectivity index (χ4v) is 0. The smallest absolute Gasteiger partial charge is 0.857 e. The first kappa shape index (κ1) is 15.8. The Labute approximate surface area is 69.4 Å². The molecule has 0 amide bonds. The third-order valence-electron chi connectivity index (χ3n) is 0. The maximum atomic E-state index is 10.2. The average Bonchev–Trinajstić information content (AvgIpc) is 0.722. The number of halogens is 1. The van der Waals surface area contributed by atoms with E-state index >= 15 is 0 Å². The number of hydrogen-bond acceptors (Lipinski definition) is 3. The van der Waals surface area contributed by atoms with Crippen LogP contribution < -0.4 is 33.2 Å². The molecule has 3 nitrogen and oxygen atoms in total. The average molecular weight is 126 g/mol. The molecule has 0 N–H and O–H groups in total. The molecule has 0 unspecified atom stereocenters. The summed E-state index contributed by atoms with van der Waals surface area (Å²) in [6, 6.07) is 0. The van der Waals surface area contributed by atoms with Crippen molar-refractivity contribution in [1.29, 1.82) is 0 Å². The molecule has 0 radical (unpaired) electrons. The van der Waals surface area contributed by atoms with Gasteiger partial charge in [-0.1, -0.05) is 9.14 Å². The second-order valence-corrected chi connectivity index (χ2v) is 1.44. The fourth-order valence-electron chi connectivity index (χ4n) is 0. The molecular formula is FLiMgO3Si. The quantitative estimate of drug-likeness (QED) is 0.239. The Morgan fingerprint density at radius 1 is 1.14 bits per heavy atom. The van der Waals surface area contributed by atoms with Gasteiger partial charge in [-0.25, -0.2) is 0 Å². The maximum absolute atomic E-state index is 10.2. The topological polar surface area (TPSA) is 69.2 Å². The third kappa shape index (κ3) is 111. The van der Waals surface area contributed by atoms with E-state index in [-0.39, 0.29) is 41.9 Å². The molecule has 0 fully saturated rings. The van der Waals surface area contributed by atoms with Gasteiger partial charge in [0.15, 0.2) is 0 Å². The normalized spacial score (nSPS) is 8.57. The second-order valence-electron chi connectivity index (χ2n) is 0.481. The molecule has 0 saturated heterocycles. The molecular weight excluding hydrogens is 126 g/mol. The summed E-state index contributed by atoms with van der Waals surface area (Å²) in [5, 5.41) is 0. The van der Waals surface area contributed by atoms with Crippen LogP contribution in [0.1, 0.15) is 0 Å². The van der Waals surface area contributed by atoms with Gasteiger partial charge in [-0.3, -0.25) is 0 Å². The minimum absolute atomic E-state index is 0. The van der Waals surface area contributed by atoms with Crippen LogP contribution in [0.15, 0.2) is 0 Å². The Kier molecular flexibility index (Phi) is 12.5. The standard InChI is InChI=1S/FO3Si.Li.Mg/c1-5(2,3)4;;/q-3;+1;+2. The van der Waals surface area contributed by atoms with Crippen LogP contribution in [0.4, 0.5) is 4.11 Å². The van der Waals surface area contributed by atoms with Gasteiger partial charge in [0.2, 0.25) is 0 Å². The van der Waals surface area contributed by atoms with Crippen molar-refractivity contribution in [2.24, 2.45) is 0 Å². The number of rotatable bonds is 0. The van der Waals surface area contributed by atoms with E-state index < -0.39 is 9.14 Å². The van der Waals surface area contributed by atoms with Crippen LogP contribution in [0, 0.1) is 0 Å². The summed E-state index contributed by atoms with van der Waals surface area (Å²) in [5.74, 6) is 0. The Bertz CT molecular complexity index is 30.4. The van der Waals surface area contributed by atoms with Gasteiger partial charge in [0.1, 0.15) is 0 Å². The molecule has 7 heteroatoms. The van der Waals surface area contributed by atoms with E-state index in [1.165, 1.54) is 0 Å². The van der Waals surface area contributed by atoms with Crippen LogP contribution in [0.3, 0.4) is 0 Å². The summed E-state index contributed by atoms with van der Waals surface area (Å²) in [7, 11) is -5.86. The van der Waals surface area contributed by atoms with Crippen molar-refractivity contribution < 1.29 is 37.4 Å². The summed E-state index contributed by atoms with van der Waals surface area (Å²) in [5.41, 5.74) is 0. The van der Waals surface area contributed by atoms with Crippen molar-refractivity contribution in [2.75, 3.05) is 0 Å². The Morgan fingerprint density at radius 3 is 1.14 bits per heavy atom. The molecule has 0 heterocycles. The zero-order chi connectivity index (χ0) is 4.50. The van der Waals surface area contributed by atoms with Gasteiger partial charge in [0.05, 0.1) is 0 Å². The summed E-state index contributed by atoms with van der Waals surface area (Å²) >= 11 is 0. The molecule has 0 aromatic carbocycles. The molecule has 0 aromatic heterocycles. The Morgan fingerprint density at radius 2 is 1.14 bits per heavy atom. The molecule has 0 aliphatic heterocycles. The van der Waals surface area contributed by atoms with Crippen molar-refractivity contribution in [3.8, 4) is 0 Å². The van der Waals surface area contributed by atoms with E-state index in [1.807, 2.05) is 0 Å². The third-order valence-corrected chi connectivity index (χ3v) is 0. The predicted octanol–water partition coefficient (Wildman–Crippen LogP) is -6.90. The summed E-state index contributed by atoms with van der Waals surface area (Å²) in [6.45, 7) is 0. The first-order valence-corrected chi connectivity index (χ1v) is 2.40. The SMILES string of the molecule is [Li+].[Mg+2].[O-][Si]([O-])([O-])F. The summed E-state index contributed by atoms with van der Waals surface area (Å²) in [6.07, 6.45) is 0. The van der Waals surface area contributed by atoms with Gasteiger partial charge in [0, 0.05) is 0 Å². The van der Waals surface area contributed by atoms with Crippen LogP contribution >= 0.6 is 0 Å². The molecule has 0 rings (SSSR count). The van der Waals surface area contributed by atoms with Gasteiger partial charge >= 0.3 is 41.9 Å². The van der Waals surface area contributed by atoms with E-state index in [4.69, 9.17) is 14.4 Å². The van der Waals surface area contributed by atoms with Crippen LogP contribution in [0.25, 0.3) is 0 Å². The van der Waals surface area contributed by atoms with Crippen molar-refractivity contribution >= 4 is 32.2 Å². The molecule has 7 heavy (non-hydrogen) atoms. The van der Waals surface area contributed by atoms with Gasteiger partial charge in [-0.2, -0.15) is 0 Å². The van der Waals surface area contributed by atoms with E-state index in [9.17, 15) is 4.11 Å². The predicted molar refractivity (Wildman–Crippen MR) is 12.6 cm³/mol. The van der Waals surface area contributed by atoms with Crippen LogP contribution in [-0.2, 0) is 0 Å². The maximum Gasteiger partial charge on any atom is 2.00 e. The zero-order valence-electron chi connectivity index (χ0n) is 3.81. The van der Waals surface area contributed by atoms with Gasteiger partial charge in [0.25, 0.3) is 0 Å². The number of hydrogen-bond donors (Lipinski definition) is 0. The van der Waals surface area contributed by atoms with Crippen LogP contribution in [0.2, 0.25) is 0 Å². The summed E-state index contributed by atoms with van der Waals surface area (Å²) in [4.78, 5) is 25.4. The molecule has 0 atom stereocenters. The van der Waals surface area contributed by atoms with Crippen molar-refractivity contribution in [2.45, 2.75) is 0 Å². The largest absolute Gasteiger partial charge is 2.00 e. The molecule has 0 aliphatic carbocycles. The first-order valence-electron chi connectivity index (χ1n) is 0.801. The minimum atomic E-state index is -5.86. The molecule has 0 aromatic rings. The van der Waals surface area contributed by atoms with E-state index in [2.05, 4.69) is 0 Å². The monoisotopic (exact) mass is 126 g/mol. The molecule has 0 bridgehead atoms. The van der Waals surface area contributed by atoms with Crippen molar-refractivity contribution in [1.82, 2.24) is 0 Å². The Hall–Kier alpha value is 1.39. The molecule has 0 aliphatic rings. The molecule has 0 spiro atoms. The van der Waals surface area contributed by atoms with E-state index in [0.717, 1.165) is 0 Å². The zero-order valence-corrected chi connectivity index (χ0v) is 6.22. The molecule has 0 saturated carbocycles. The van der Waals surface area contributed by atoms with E-state index in [1.54, 1.807) is 0 Å². The van der Waals surface area contributed by atoms with Gasteiger partial charge in [-0.05, 0) is 0 Å². The van der Waals surface area contributed by atoms with Crippen molar-refractivity contribution in [3.05, 3.63) is 0 Å². The minimum Gasteiger partial charge on any atom is -0.857 e. The second kappa shape index (κ2) is 5.53. The van der Waals surface area contributed by atoms with Crippen LogP contribution in [0.5, 0.6) is 0 Å². The Balaban J connectivity index is -0.0000000800. The van der Waals surface area contributed by atoms with Crippen molar-refractivity contribution in [3.63, 3.8) is 0 Å².